The molecule has 0 aromatic heterocycles. The normalized spacial score (nSPS) is 15.1. The van der Waals surface area contributed by atoms with Gasteiger partial charge in [0, 0.05) is 0 Å². The minimum Gasteiger partial charge on any atom is -0.291 e. The Bertz CT molecular complexity index is 211. The highest BCUT2D eigenvalue weighted by atomic mass is 32.2. The molecule has 1 atom stereocenters. The summed E-state index contributed by atoms with van der Waals surface area (Å²) >= 11 is 0. The molecule has 12 heavy (non-hydrogen) atoms. The molecule has 0 rings (SSSR count). The summed E-state index contributed by atoms with van der Waals surface area (Å²) in [7, 11) is -0.617. The van der Waals surface area contributed by atoms with Gasteiger partial charge in [-0.1, -0.05) is 19.8 Å². The van der Waals surface area contributed by atoms with E-state index >= 15 is 0 Å². The van der Waals surface area contributed by atoms with Gasteiger partial charge in [0.05, 0.1) is 0 Å². The van der Waals surface area contributed by atoms with Crippen LogP contribution in [0.4, 0.5) is 0 Å². The summed E-state index contributed by atoms with van der Waals surface area (Å²) in [5, 5.41) is -0.752. The van der Waals surface area contributed by atoms with E-state index in [1.165, 1.54) is 4.90 Å². The molecule has 0 spiro atoms. The SMILES string of the molecule is CCCCC(N(C)C)S(=O)(=O)O. The van der Waals surface area contributed by atoms with Gasteiger partial charge in [-0.05, 0) is 20.5 Å². The van der Waals surface area contributed by atoms with Crippen LogP contribution in [0.2, 0.25) is 0 Å². The van der Waals surface area contributed by atoms with E-state index in [2.05, 4.69) is 0 Å². The van der Waals surface area contributed by atoms with E-state index in [-0.39, 0.29) is 0 Å². The Morgan fingerprint density at radius 3 is 2.17 bits per heavy atom. The van der Waals surface area contributed by atoms with E-state index in [1.807, 2.05) is 6.92 Å². The van der Waals surface area contributed by atoms with Crippen molar-refractivity contribution in [1.29, 1.82) is 0 Å². The van der Waals surface area contributed by atoms with Gasteiger partial charge in [-0.15, -0.1) is 0 Å². The summed E-state index contributed by atoms with van der Waals surface area (Å²) in [6.45, 7) is 1.98. The van der Waals surface area contributed by atoms with Crippen LogP contribution < -0.4 is 0 Å². The third-order valence-electron chi connectivity index (χ3n) is 1.72. The molecule has 1 N–H and O–H groups in total. The first-order valence-corrected chi connectivity index (χ1v) is 5.52. The summed E-state index contributed by atoms with van der Waals surface area (Å²) in [4.78, 5) is 1.52. The van der Waals surface area contributed by atoms with Gasteiger partial charge in [0.25, 0.3) is 10.1 Å². The zero-order valence-corrected chi connectivity index (χ0v) is 8.63. The average molecular weight is 195 g/mol. The first kappa shape index (κ1) is 11.9. The predicted octanol–water partition coefficient (Wildman–Crippen LogP) is 0.952. The van der Waals surface area contributed by atoms with Crippen molar-refractivity contribution >= 4 is 10.1 Å². The zero-order chi connectivity index (χ0) is 9.78. The van der Waals surface area contributed by atoms with Gasteiger partial charge in [-0.25, -0.2) is 0 Å². The van der Waals surface area contributed by atoms with Gasteiger partial charge in [-0.3, -0.25) is 9.45 Å². The summed E-state index contributed by atoms with van der Waals surface area (Å²) in [6, 6.07) is 0. The second kappa shape index (κ2) is 4.79. The van der Waals surface area contributed by atoms with Gasteiger partial charge >= 0.3 is 0 Å². The molecule has 5 heteroatoms. The standard InChI is InChI=1S/C7H17NO3S/c1-4-5-6-7(8(2)3)12(9,10)11/h7H,4-6H2,1-3H3,(H,9,10,11). The number of unbranched alkanes of at least 4 members (excludes halogenated alkanes) is 1. The lowest BCUT2D eigenvalue weighted by Crippen LogP contribution is -2.35. The molecule has 0 aliphatic heterocycles. The largest absolute Gasteiger partial charge is 0.291 e. The minimum absolute atomic E-state index is 0.488. The third-order valence-corrected chi connectivity index (χ3v) is 3.07. The first-order chi connectivity index (χ1) is 5.39. The predicted molar refractivity (Wildman–Crippen MR) is 48.5 cm³/mol. The fraction of sp³-hybridized carbons (Fsp3) is 1.00. The highest BCUT2D eigenvalue weighted by Crippen LogP contribution is 2.10. The van der Waals surface area contributed by atoms with Crippen LogP contribution in [0.25, 0.3) is 0 Å². The molecule has 74 valence electrons. The van der Waals surface area contributed by atoms with E-state index in [9.17, 15) is 8.42 Å². The highest BCUT2D eigenvalue weighted by molar-refractivity contribution is 7.86. The van der Waals surface area contributed by atoms with Crippen LogP contribution in [0, 0.1) is 0 Å². The van der Waals surface area contributed by atoms with Crippen molar-refractivity contribution in [3.63, 3.8) is 0 Å². The second-order valence-corrected chi connectivity index (χ2v) is 4.65. The molecule has 0 aromatic rings. The van der Waals surface area contributed by atoms with Crippen LogP contribution >= 0.6 is 0 Å². The van der Waals surface area contributed by atoms with Crippen molar-refractivity contribution in [3.8, 4) is 0 Å². The summed E-state index contributed by atoms with van der Waals surface area (Å²) in [6.07, 6.45) is 2.23. The molecule has 4 nitrogen and oxygen atoms in total. The quantitative estimate of drug-likeness (QED) is 0.664. The van der Waals surface area contributed by atoms with Gasteiger partial charge < -0.3 is 0 Å². The lowest BCUT2D eigenvalue weighted by atomic mass is 10.2. The molecule has 0 aliphatic carbocycles. The van der Waals surface area contributed by atoms with E-state index in [0.29, 0.717) is 6.42 Å². The molecule has 0 aromatic carbocycles. The van der Waals surface area contributed by atoms with Crippen molar-refractivity contribution in [2.24, 2.45) is 0 Å². The molecule has 0 saturated carbocycles. The Balaban J connectivity index is 4.26. The minimum atomic E-state index is -3.91. The van der Waals surface area contributed by atoms with Crippen LogP contribution in [0.15, 0.2) is 0 Å². The van der Waals surface area contributed by atoms with Crippen molar-refractivity contribution in [2.45, 2.75) is 31.6 Å². The molecule has 0 fully saturated rings. The molecule has 0 bridgehead atoms. The lowest BCUT2D eigenvalue weighted by Gasteiger charge is -2.20. The monoisotopic (exact) mass is 195 g/mol. The number of hydrogen-bond acceptors (Lipinski definition) is 3. The highest BCUT2D eigenvalue weighted by Gasteiger charge is 2.23. The Morgan fingerprint density at radius 2 is 1.92 bits per heavy atom. The Hall–Kier alpha value is -0.130. The van der Waals surface area contributed by atoms with Crippen LogP contribution in [0.5, 0.6) is 0 Å². The molecular formula is C7H17NO3S. The van der Waals surface area contributed by atoms with E-state index in [0.717, 1.165) is 12.8 Å². The average Bonchev–Trinajstić information content (AvgIpc) is 1.84. The molecular weight excluding hydrogens is 178 g/mol. The maximum absolute atomic E-state index is 10.8. The van der Waals surface area contributed by atoms with E-state index in [4.69, 9.17) is 4.55 Å². The van der Waals surface area contributed by atoms with Gasteiger partial charge in [0.2, 0.25) is 0 Å². The molecule has 0 saturated heterocycles. The van der Waals surface area contributed by atoms with Crippen molar-refractivity contribution in [2.75, 3.05) is 14.1 Å². The Labute approximate surface area is 74.3 Å². The van der Waals surface area contributed by atoms with Gasteiger partial charge in [-0.2, -0.15) is 8.42 Å². The fourth-order valence-electron chi connectivity index (χ4n) is 1.05. The summed E-state index contributed by atoms with van der Waals surface area (Å²) < 4.78 is 30.4. The van der Waals surface area contributed by atoms with Crippen LogP contribution in [0.3, 0.4) is 0 Å². The summed E-state index contributed by atoms with van der Waals surface area (Å²) in [5.74, 6) is 0. The fourth-order valence-corrected chi connectivity index (χ4v) is 2.05. The van der Waals surface area contributed by atoms with Crippen LogP contribution in [0.1, 0.15) is 26.2 Å². The molecule has 1 unspecified atom stereocenters. The van der Waals surface area contributed by atoms with Crippen molar-refractivity contribution in [3.05, 3.63) is 0 Å². The summed E-state index contributed by atoms with van der Waals surface area (Å²) in [5.41, 5.74) is 0. The topological polar surface area (TPSA) is 57.6 Å². The maximum atomic E-state index is 10.8. The van der Waals surface area contributed by atoms with Gasteiger partial charge in [0.15, 0.2) is 0 Å². The van der Waals surface area contributed by atoms with Crippen LogP contribution in [-0.4, -0.2) is 37.3 Å². The first-order valence-electron chi connectivity index (χ1n) is 4.02. The van der Waals surface area contributed by atoms with Gasteiger partial charge in [0.1, 0.15) is 5.37 Å². The van der Waals surface area contributed by atoms with E-state index < -0.39 is 15.5 Å². The molecule has 0 radical (unpaired) electrons. The molecule has 0 aliphatic rings. The number of hydrogen-bond donors (Lipinski definition) is 1. The maximum Gasteiger partial charge on any atom is 0.281 e. The van der Waals surface area contributed by atoms with Crippen molar-refractivity contribution < 1.29 is 13.0 Å². The number of nitrogens with zero attached hydrogens (tertiary/aromatic N) is 1. The van der Waals surface area contributed by atoms with Crippen LogP contribution in [-0.2, 0) is 10.1 Å². The smallest absolute Gasteiger partial charge is 0.281 e. The Kier molecular flexibility index (Phi) is 4.74. The molecule has 0 amide bonds. The molecule has 0 heterocycles. The third kappa shape index (κ3) is 4.04. The zero-order valence-electron chi connectivity index (χ0n) is 7.82. The lowest BCUT2D eigenvalue weighted by molar-refractivity contribution is 0.319. The number of rotatable bonds is 5. The van der Waals surface area contributed by atoms with Crippen molar-refractivity contribution in [1.82, 2.24) is 4.90 Å². The van der Waals surface area contributed by atoms with E-state index in [1.54, 1.807) is 14.1 Å². The Morgan fingerprint density at radius 1 is 1.42 bits per heavy atom. The second-order valence-electron chi connectivity index (χ2n) is 3.08.